The molecule has 2 fully saturated rings. The van der Waals surface area contributed by atoms with E-state index in [1.165, 1.54) is 0 Å². The number of primary amides is 1. The minimum absolute atomic E-state index is 0.228. The smallest absolute Gasteiger partial charge is 0.314 e. The van der Waals surface area contributed by atoms with Crippen LogP contribution in [0.25, 0.3) is 0 Å². The fourth-order valence-corrected chi connectivity index (χ4v) is 4.18. The van der Waals surface area contributed by atoms with Crippen molar-refractivity contribution in [2.24, 2.45) is 5.73 Å². The van der Waals surface area contributed by atoms with Crippen LogP contribution in [0.4, 0.5) is 4.79 Å². The lowest BCUT2D eigenvalue weighted by atomic mass is 10.0. The molecule has 2 aliphatic rings. The van der Waals surface area contributed by atoms with E-state index >= 15 is 0 Å². The Bertz CT molecular complexity index is 681. The van der Waals surface area contributed by atoms with Crippen LogP contribution in [0.15, 0.2) is 18.2 Å². The van der Waals surface area contributed by atoms with Gasteiger partial charge >= 0.3 is 6.03 Å². The number of piperazine rings is 1. The number of nitrogens with two attached hydrogens (primary N) is 1. The molecule has 0 unspecified atom stereocenters. The van der Waals surface area contributed by atoms with Gasteiger partial charge in [-0.15, -0.1) is 0 Å². The van der Waals surface area contributed by atoms with E-state index in [4.69, 9.17) is 17.3 Å². The Balaban J connectivity index is 1.41. The molecule has 0 radical (unpaired) electrons. The van der Waals surface area contributed by atoms with Crippen LogP contribution in [0.5, 0.6) is 0 Å². The second-order valence-electron chi connectivity index (χ2n) is 7.56. The molecule has 0 aliphatic carbocycles. The summed E-state index contributed by atoms with van der Waals surface area (Å²) in [6.07, 6.45) is 3.22. The summed E-state index contributed by atoms with van der Waals surface area (Å²) in [5.74, 6) is 0.228. The number of likely N-dealkylation sites (tertiary alicyclic amines) is 1. The largest absolute Gasteiger partial charge is 0.351 e. The number of benzene rings is 1. The zero-order valence-corrected chi connectivity index (χ0v) is 16.7. The highest BCUT2D eigenvalue weighted by Gasteiger charge is 2.29. The Labute approximate surface area is 166 Å². The van der Waals surface area contributed by atoms with Gasteiger partial charge in [0.1, 0.15) is 0 Å². The first-order valence-corrected chi connectivity index (χ1v) is 10.1. The zero-order valence-electron chi connectivity index (χ0n) is 16.0. The molecular formula is C20H29ClN4O2. The summed E-state index contributed by atoms with van der Waals surface area (Å²) in [5.41, 5.74) is 7.56. The van der Waals surface area contributed by atoms with Gasteiger partial charge in [0.05, 0.1) is 0 Å². The van der Waals surface area contributed by atoms with Crippen molar-refractivity contribution in [3.8, 4) is 0 Å². The van der Waals surface area contributed by atoms with E-state index in [0.29, 0.717) is 12.5 Å². The Morgan fingerprint density at radius 1 is 1.07 bits per heavy atom. The van der Waals surface area contributed by atoms with Crippen LogP contribution in [0.3, 0.4) is 0 Å². The van der Waals surface area contributed by atoms with Gasteiger partial charge in [-0.25, -0.2) is 4.79 Å². The van der Waals surface area contributed by atoms with Crippen LogP contribution in [0.1, 0.15) is 30.4 Å². The molecule has 3 rings (SSSR count). The molecule has 2 saturated heterocycles. The third-order valence-corrected chi connectivity index (χ3v) is 6.23. The van der Waals surface area contributed by atoms with Crippen LogP contribution in [-0.2, 0) is 11.2 Å². The van der Waals surface area contributed by atoms with E-state index < -0.39 is 0 Å². The molecule has 148 valence electrons. The maximum absolute atomic E-state index is 12.5. The van der Waals surface area contributed by atoms with Crippen LogP contribution >= 0.6 is 11.6 Å². The highest BCUT2D eigenvalue weighted by atomic mass is 35.5. The number of rotatable bonds is 4. The zero-order chi connectivity index (χ0) is 19.4. The summed E-state index contributed by atoms with van der Waals surface area (Å²) in [5, 5.41) is 0.767. The SMILES string of the molecule is Cc1cc(CCC(=O)N2CCN(C3CCN(C(N)=O)CC3)CC2)ccc1Cl. The molecule has 7 heteroatoms. The molecule has 1 aromatic rings. The van der Waals surface area contributed by atoms with Gasteiger partial charge < -0.3 is 15.5 Å². The highest BCUT2D eigenvalue weighted by molar-refractivity contribution is 6.31. The molecule has 0 aromatic heterocycles. The standard InChI is InChI=1S/C20H29ClN4O2/c1-15-14-16(2-4-18(15)21)3-5-19(26)24-12-10-23(11-13-24)17-6-8-25(9-7-17)20(22)27/h2,4,14,17H,3,5-13H2,1H3,(H2,22,27). The lowest BCUT2D eigenvalue weighted by molar-refractivity contribution is -0.133. The van der Waals surface area contributed by atoms with E-state index in [-0.39, 0.29) is 11.9 Å². The van der Waals surface area contributed by atoms with Crippen molar-refractivity contribution < 1.29 is 9.59 Å². The molecule has 0 spiro atoms. The van der Waals surface area contributed by atoms with Crippen LogP contribution < -0.4 is 5.73 Å². The van der Waals surface area contributed by atoms with Crippen molar-refractivity contribution in [2.75, 3.05) is 39.3 Å². The summed E-state index contributed by atoms with van der Waals surface area (Å²) in [6, 6.07) is 6.14. The number of hydrogen-bond donors (Lipinski definition) is 1. The molecule has 1 aromatic carbocycles. The van der Waals surface area contributed by atoms with E-state index in [0.717, 1.165) is 74.7 Å². The molecule has 6 nitrogen and oxygen atoms in total. The van der Waals surface area contributed by atoms with E-state index in [9.17, 15) is 9.59 Å². The average Bonchev–Trinajstić information content (AvgIpc) is 2.69. The van der Waals surface area contributed by atoms with Crippen molar-refractivity contribution in [2.45, 2.75) is 38.6 Å². The molecule has 2 aliphatic heterocycles. The maximum atomic E-state index is 12.5. The number of nitrogens with zero attached hydrogens (tertiary/aromatic N) is 3. The molecule has 2 heterocycles. The third kappa shape index (κ3) is 5.14. The summed E-state index contributed by atoms with van der Waals surface area (Å²) < 4.78 is 0. The Kier molecular flexibility index (Phi) is 6.60. The van der Waals surface area contributed by atoms with Crippen molar-refractivity contribution in [1.82, 2.24) is 14.7 Å². The fraction of sp³-hybridized carbons (Fsp3) is 0.600. The molecule has 0 bridgehead atoms. The summed E-state index contributed by atoms with van der Waals surface area (Å²) in [7, 11) is 0. The Morgan fingerprint density at radius 2 is 1.74 bits per heavy atom. The van der Waals surface area contributed by atoms with Gasteiger partial charge in [-0.05, 0) is 43.4 Å². The van der Waals surface area contributed by atoms with Crippen LogP contribution in [0, 0.1) is 6.92 Å². The fourth-order valence-electron chi connectivity index (χ4n) is 4.06. The predicted molar refractivity (Wildman–Crippen MR) is 107 cm³/mol. The van der Waals surface area contributed by atoms with Crippen LogP contribution in [0.2, 0.25) is 5.02 Å². The lowest BCUT2D eigenvalue weighted by Gasteiger charge is -2.42. The highest BCUT2D eigenvalue weighted by Crippen LogP contribution is 2.20. The molecule has 3 amide bonds. The van der Waals surface area contributed by atoms with Gasteiger partial charge in [0, 0.05) is 56.8 Å². The van der Waals surface area contributed by atoms with E-state index in [1.54, 1.807) is 4.90 Å². The first-order valence-electron chi connectivity index (χ1n) is 9.75. The van der Waals surface area contributed by atoms with Crippen molar-refractivity contribution in [1.29, 1.82) is 0 Å². The molecule has 2 N–H and O–H groups in total. The van der Waals surface area contributed by atoms with Crippen molar-refractivity contribution in [3.05, 3.63) is 34.3 Å². The van der Waals surface area contributed by atoms with E-state index in [2.05, 4.69) is 11.0 Å². The summed E-state index contributed by atoms with van der Waals surface area (Å²) in [4.78, 5) is 29.9. The number of urea groups is 1. The normalized spacial score (nSPS) is 19.3. The van der Waals surface area contributed by atoms with Gasteiger partial charge in [-0.3, -0.25) is 9.69 Å². The van der Waals surface area contributed by atoms with Gasteiger partial charge in [0.25, 0.3) is 0 Å². The average molecular weight is 393 g/mol. The number of hydrogen-bond acceptors (Lipinski definition) is 3. The third-order valence-electron chi connectivity index (χ3n) is 5.81. The van der Waals surface area contributed by atoms with Crippen molar-refractivity contribution >= 4 is 23.5 Å². The first kappa shape index (κ1) is 20.0. The minimum Gasteiger partial charge on any atom is -0.351 e. The lowest BCUT2D eigenvalue weighted by Crippen LogP contribution is -2.55. The topological polar surface area (TPSA) is 69.9 Å². The number of halogens is 1. The van der Waals surface area contributed by atoms with Crippen LogP contribution in [-0.4, -0.2) is 71.9 Å². The quantitative estimate of drug-likeness (QED) is 0.854. The van der Waals surface area contributed by atoms with E-state index in [1.807, 2.05) is 24.0 Å². The molecule has 0 atom stereocenters. The maximum Gasteiger partial charge on any atom is 0.314 e. The van der Waals surface area contributed by atoms with Gasteiger partial charge in [0.2, 0.25) is 5.91 Å². The second-order valence-corrected chi connectivity index (χ2v) is 7.96. The number of carbonyl (C=O) groups is 2. The monoisotopic (exact) mass is 392 g/mol. The Morgan fingerprint density at radius 3 is 2.33 bits per heavy atom. The molecule has 27 heavy (non-hydrogen) atoms. The summed E-state index contributed by atoms with van der Waals surface area (Å²) >= 11 is 6.06. The second kappa shape index (κ2) is 8.93. The Hall–Kier alpha value is -1.79. The summed E-state index contributed by atoms with van der Waals surface area (Å²) in [6.45, 7) is 6.85. The van der Waals surface area contributed by atoms with Gasteiger partial charge in [0.15, 0.2) is 0 Å². The number of aryl methyl sites for hydroxylation is 2. The first-order chi connectivity index (χ1) is 12.9. The minimum atomic E-state index is -0.320. The van der Waals surface area contributed by atoms with Gasteiger partial charge in [-0.1, -0.05) is 23.7 Å². The van der Waals surface area contributed by atoms with Gasteiger partial charge in [-0.2, -0.15) is 0 Å². The number of piperidine rings is 1. The number of amides is 3. The molecule has 0 saturated carbocycles. The molecular weight excluding hydrogens is 364 g/mol. The predicted octanol–water partition coefficient (Wildman–Crippen LogP) is 2.27. The number of carbonyl (C=O) groups excluding carboxylic acids is 2. The van der Waals surface area contributed by atoms with Crippen molar-refractivity contribution in [3.63, 3.8) is 0 Å².